The van der Waals surface area contributed by atoms with E-state index in [1.54, 1.807) is 17.4 Å². The summed E-state index contributed by atoms with van der Waals surface area (Å²) in [6.45, 7) is 0. The standard InChI is InChI=1S/C15H8BrFN2S2/c16-10-6-8(17)3-4-9(10)15-13(11-2-1-5-20-11)14(19)12(7-18)21-15/h1-6H,19H2. The number of anilines is 1. The molecule has 0 saturated heterocycles. The smallest absolute Gasteiger partial charge is 0.129 e. The predicted octanol–water partition coefficient (Wildman–Crippen LogP) is 5.50. The lowest BCUT2D eigenvalue weighted by molar-refractivity contribution is 0.627. The molecular formula is C15H8BrFN2S2. The van der Waals surface area contributed by atoms with Crippen molar-refractivity contribution in [2.75, 3.05) is 5.73 Å². The number of nitriles is 1. The first-order valence-electron chi connectivity index (χ1n) is 5.93. The van der Waals surface area contributed by atoms with Gasteiger partial charge in [-0.3, -0.25) is 0 Å². The van der Waals surface area contributed by atoms with Crippen LogP contribution in [-0.4, -0.2) is 0 Å². The normalized spacial score (nSPS) is 10.5. The van der Waals surface area contributed by atoms with Gasteiger partial charge in [0.15, 0.2) is 0 Å². The molecule has 104 valence electrons. The Kier molecular flexibility index (Phi) is 3.81. The maximum Gasteiger partial charge on any atom is 0.129 e. The summed E-state index contributed by atoms with van der Waals surface area (Å²) in [5, 5.41) is 11.2. The van der Waals surface area contributed by atoms with Crippen LogP contribution in [0.25, 0.3) is 20.9 Å². The minimum Gasteiger partial charge on any atom is -0.396 e. The number of benzene rings is 1. The third-order valence-corrected chi connectivity index (χ3v) is 5.68. The molecule has 2 aromatic heterocycles. The van der Waals surface area contributed by atoms with E-state index in [1.807, 2.05) is 17.5 Å². The Bertz CT molecular complexity index is 847. The Labute approximate surface area is 137 Å². The molecule has 0 unspecified atom stereocenters. The number of rotatable bonds is 2. The van der Waals surface area contributed by atoms with Crippen molar-refractivity contribution in [2.24, 2.45) is 0 Å². The highest BCUT2D eigenvalue weighted by Gasteiger charge is 2.21. The quantitative estimate of drug-likeness (QED) is 0.639. The zero-order valence-corrected chi connectivity index (χ0v) is 13.8. The molecule has 0 aliphatic heterocycles. The van der Waals surface area contributed by atoms with Gasteiger partial charge in [-0.1, -0.05) is 22.0 Å². The van der Waals surface area contributed by atoms with E-state index in [1.165, 1.54) is 23.5 Å². The SMILES string of the molecule is N#Cc1sc(-c2ccc(F)cc2Br)c(-c2cccs2)c1N. The van der Waals surface area contributed by atoms with E-state index in [0.29, 0.717) is 15.0 Å². The molecular weight excluding hydrogens is 371 g/mol. The molecule has 0 aliphatic carbocycles. The summed E-state index contributed by atoms with van der Waals surface area (Å²) in [6.07, 6.45) is 0. The first-order chi connectivity index (χ1) is 10.1. The predicted molar refractivity (Wildman–Crippen MR) is 89.9 cm³/mol. The lowest BCUT2D eigenvalue weighted by Gasteiger charge is -2.06. The summed E-state index contributed by atoms with van der Waals surface area (Å²) in [7, 11) is 0. The molecule has 0 radical (unpaired) electrons. The van der Waals surface area contributed by atoms with Gasteiger partial charge in [0.05, 0.1) is 5.69 Å². The van der Waals surface area contributed by atoms with Crippen molar-refractivity contribution in [3.8, 4) is 27.0 Å². The average Bonchev–Trinajstić information content (AvgIpc) is 3.06. The Hall–Kier alpha value is -1.68. The third-order valence-electron chi connectivity index (χ3n) is 2.99. The molecule has 1 aromatic carbocycles. The molecule has 0 saturated carbocycles. The highest BCUT2D eigenvalue weighted by Crippen LogP contribution is 2.47. The Morgan fingerprint density at radius 3 is 2.71 bits per heavy atom. The number of hydrogen-bond acceptors (Lipinski definition) is 4. The van der Waals surface area contributed by atoms with Gasteiger partial charge in [-0.2, -0.15) is 5.26 Å². The molecule has 0 spiro atoms. The molecule has 3 aromatic rings. The zero-order valence-electron chi connectivity index (χ0n) is 10.6. The summed E-state index contributed by atoms with van der Waals surface area (Å²) >= 11 is 6.27. The van der Waals surface area contributed by atoms with Crippen LogP contribution in [0.2, 0.25) is 0 Å². The second-order valence-electron chi connectivity index (χ2n) is 4.26. The largest absolute Gasteiger partial charge is 0.396 e. The van der Waals surface area contributed by atoms with E-state index in [0.717, 1.165) is 20.9 Å². The first kappa shape index (κ1) is 14.3. The Morgan fingerprint density at radius 1 is 1.29 bits per heavy atom. The molecule has 3 rings (SSSR count). The monoisotopic (exact) mass is 378 g/mol. The molecule has 0 atom stereocenters. The van der Waals surface area contributed by atoms with Gasteiger partial charge in [0.1, 0.15) is 16.8 Å². The first-order valence-corrected chi connectivity index (χ1v) is 8.42. The second kappa shape index (κ2) is 5.60. The van der Waals surface area contributed by atoms with E-state index in [-0.39, 0.29) is 5.82 Å². The topological polar surface area (TPSA) is 49.8 Å². The minimum absolute atomic E-state index is 0.312. The maximum absolute atomic E-state index is 13.3. The fraction of sp³-hybridized carbons (Fsp3) is 0. The Balaban J connectivity index is 2.30. The molecule has 2 N–H and O–H groups in total. The van der Waals surface area contributed by atoms with Gasteiger partial charge in [0.25, 0.3) is 0 Å². The van der Waals surface area contributed by atoms with E-state index in [4.69, 9.17) is 5.73 Å². The maximum atomic E-state index is 13.3. The minimum atomic E-state index is -0.312. The van der Waals surface area contributed by atoms with Gasteiger partial charge in [0.2, 0.25) is 0 Å². The summed E-state index contributed by atoms with van der Waals surface area (Å²) in [5.74, 6) is -0.312. The fourth-order valence-corrected chi connectivity index (χ4v) is 4.66. The van der Waals surface area contributed by atoms with E-state index < -0.39 is 0 Å². The van der Waals surface area contributed by atoms with Crippen LogP contribution in [0.3, 0.4) is 0 Å². The van der Waals surface area contributed by atoms with Gasteiger partial charge >= 0.3 is 0 Å². The van der Waals surface area contributed by atoms with Gasteiger partial charge in [0, 0.05) is 25.4 Å². The molecule has 0 amide bonds. The average molecular weight is 379 g/mol. The lowest BCUT2D eigenvalue weighted by Crippen LogP contribution is -1.88. The fourth-order valence-electron chi connectivity index (χ4n) is 2.06. The molecule has 6 heteroatoms. The number of nitrogens with two attached hydrogens (primary N) is 1. The van der Waals surface area contributed by atoms with Crippen molar-refractivity contribution >= 4 is 44.3 Å². The van der Waals surface area contributed by atoms with Crippen LogP contribution in [-0.2, 0) is 0 Å². The highest BCUT2D eigenvalue weighted by molar-refractivity contribution is 9.10. The van der Waals surface area contributed by atoms with Gasteiger partial charge in [-0.05, 0) is 29.6 Å². The van der Waals surface area contributed by atoms with Crippen molar-refractivity contribution < 1.29 is 4.39 Å². The number of hydrogen-bond donors (Lipinski definition) is 1. The number of halogens is 2. The van der Waals surface area contributed by atoms with Crippen LogP contribution in [0.15, 0.2) is 40.2 Å². The molecule has 0 aliphatic rings. The molecule has 0 bridgehead atoms. The summed E-state index contributed by atoms with van der Waals surface area (Å²) in [4.78, 5) is 2.35. The second-order valence-corrected chi connectivity index (χ2v) is 7.08. The summed E-state index contributed by atoms with van der Waals surface area (Å²) < 4.78 is 13.9. The molecule has 21 heavy (non-hydrogen) atoms. The van der Waals surface area contributed by atoms with Crippen LogP contribution in [0.1, 0.15) is 4.88 Å². The van der Waals surface area contributed by atoms with Crippen molar-refractivity contribution in [3.05, 3.63) is 50.9 Å². The Morgan fingerprint density at radius 2 is 2.10 bits per heavy atom. The van der Waals surface area contributed by atoms with E-state index in [9.17, 15) is 9.65 Å². The van der Waals surface area contributed by atoms with Crippen LogP contribution in [0.4, 0.5) is 10.1 Å². The highest BCUT2D eigenvalue weighted by atomic mass is 79.9. The third kappa shape index (κ3) is 2.48. The number of thiophene rings is 2. The van der Waals surface area contributed by atoms with Crippen molar-refractivity contribution in [3.63, 3.8) is 0 Å². The van der Waals surface area contributed by atoms with Gasteiger partial charge < -0.3 is 5.73 Å². The van der Waals surface area contributed by atoms with Gasteiger partial charge in [-0.25, -0.2) is 4.39 Å². The summed E-state index contributed by atoms with van der Waals surface area (Å²) in [5.41, 5.74) is 8.29. The van der Waals surface area contributed by atoms with Crippen molar-refractivity contribution in [2.45, 2.75) is 0 Å². The van der Waals surface area contributed by atoms with Crippen LogP contribution in [0.5, 0.6) is 0 Å². The van der Waals surface area contributed by atoms with E-state index >= 15 is 0 Å². The van der Waals surface area contributed by atoms with Crippen molar-refractivity contribution in [1.29, 1.82) is 5.26 Å². The van der Waals surface area contributed by atoms with Crippen LogP contribution in [0, 0.1) is 17.1 Å². The molecule has 2 nitrogen and oxygen atoms in total. The molecule has 0 fully saturated rings. The lowest BCUT2D eigenvalue weighted by atomic mass is 10.1. The molecule has 2 heterocycles. The number of nitrogens with zero attached hydrogens (tertiary/aromatic N) is 1. The van der Waals surface area contributed by atoms with Crippen LogP contribution >= 0.6 is 38.6 Å². The zero-order chi connectivity index (χ0) is 15.0. The van der Waals surface area contributed by atoms with Gasteiger partial charge in [-0.15, -0.1) is 22.7 Å². The number of nitrogen functional groups attached to an aromatic ring is 1. The summed E-state index contributed by atoms with van der Waals surface area (Å²) in [6, 6.07) is 10.5. The van der Waals surface area contributed by atoms with Crippen LogP contribution < -0.4 is 5.73 Å². The van der Waals surface area contributed by atoms with E-state index in [2.05, 4.69) is 22.0 Å². The van der Waals surface area contributed by atoms with Crippen molar-refractivity contribution in [1.82, 2.24) is 0 Å².